The SMILES string of the molecule is CC(c1ccccc1)C(O)c1ccc(F)cc1. The molecule has 17 heavy (non-hydrogen) atoms. The fourth-order valence-electron chi connectivity index (χ4n) is 1.89. The predicted molar refractivity (Wildman–Crippen MR) is 66.2 cm³/mol. The lowest BCUT2D eigenvalue weighted by Gasteiger charge is -2.19. The van der Waals surface area contributed by atoms with E-state index in [1.165, 1.54) is 12.1 Å². The van der Waals surface area contributed by atoms with Crippen molar-refractivity contribution in [2.45, 2.75) is 18.9 Å². The highest BCUT2D eigenvalue weighted by molar-refractivity contribution is 5.26. The molecule has 2 aromatic carbocycles. The van der Waals surface area contributed by atoms with Crippen molar-refractivity contribution in [1.82, 2.24) is 0 Å². The lowest BCUT2D eigenvalue weighted by atomic mass is 9.91. The van der Waals surface area contributed by atoms with E-state index in [4.69, 9.17) is 0 Å². The minimum absolute atomic E-state index is 0.0124. The summed E-state index contributed by atoms with van der Waals surface area (Å²) in [5.74, 6) is -0.296. The highest BCUT2D eigenvalue weighted by Crippen LogP contribution is 2.30. The molecule has 2 unspecified atom stereocenters. The Bertz CT molecular complexity index is 464. The van der Waals surface area contributed by atoms with Crippen molar-refractivity contribution in [3.8, 4) is 0 Å². The molecule has 0 radical (unpaired) electrons. The molecule has 0 aliphatic carbocycles. The molecule has 0 aliphatic rings. The van der Waals surface area contributed by atoms with Crippen LogP contribution >= 0.6 is 0 Å². The van der Waals surface area contributed by atoms with Gasteiger partial charge in [-0.05, 0) is 23.3 Å². The molecule has 0 aliphatic heterocycles. The number of hydrogen-bond donors (Lipinski definition) is 1. The molecule has 0 saturated carbocycles. The third kappa shape index (κ3) is 2.71. The molecular formula is C15H15FO. The lowest BCUT2D eigenvalue weighted by molar-refractivity contribution is 0.151. The number of aliphatic hydroxyl groups is 1. The Morgan fingerprint density at radius 2 is 1.47 bits per heavy atom. The Morgan fingerprint density at radius 1 is 0.882 bits per heavy atom. The van der Waals surface area contributed by atoms with E-state index >= 15 is 0 Å². The molecule has 0 fully saturated rings. The number of rotatable bonds is 3. The van der Waals surface area contributed by atoms with Crippen molar-refractivity contribution in [3.05, 3.63) is 71.5 Å². The van der Waals surface area contributed by atoms with Crippen LogP contribution in [0.5, 0.6) is 0 Å². The van der Waals surface area contributed by atoms with Crippen LogP contribution in [-0.2, 0) is 0 Å². The first kappa shape index (κ1) is 11.8. The summed E-state index contributed by atoms with van der Waals surface area (Å²) in [6.45, 7) is 1.96. The fraction of sp³-hybridized carbons (Fsp3) is 0.200. The largest absolute Gasteiger partial charge is 0.388 e. The smallest absolute Gasteiger partial charge is 0.123 e. The van der Waals surface area contributed by atoms with Crippen molar-refractivity contribution in [2.75, 3.05) is 0 Å². The fourth-order valence-corrected chi connectivity index (χ4v) is 1.89. The van der Waals surface area contributed by atoms with Gasteiger partial charge in [0.15, 0.2) is 0 Å². The molecule has 0 heterocycles. The van der Waals surface area contributed by atoms with Gasteiger partial charge in [0.25, 0.3) is 0 Å². The van der Waals surface area contributed by atoms with Crippen molar-refractivity contribution in [1.29, 1.82) is 0 Å². The zero-order chi connectivity index (χ0) is 12.3. The van der Waals surface area contributed by atoms with Crippen LogP contribution in [0.3, 0.4) is 0 Å². The van der Waals surface area contributed by atoms with Gasteiger partial charge in [0, 0.05) is 5.92 Å². The van der Waals surface area contributed by atoms with Gasteiger partial charge in [-0.1, -0.05) is 49.4 Å². The summed E-state index contributed by atoms with van der Waals surface area (Å²) in [6.07, 6.45) is -0.613. The van der Waals surface area contributed by atoms with E-state index in [0.29, 0.717) is 0 Å². The van der Waals surface area contributed by atoms with E-state index in [1.807, 2.05) is 37.3 Å². The normalized spacial score (nSPS) is 14.3. The van der Waals surface area contributed by atoms with Gasteiger partial charge in [-0.3, -0.25) is 0 Å². The Balaban J connectivity index is 2.20. The zero-order valence-electron chi connectivity index (χ0n) is 9.68. The van der Waals surface area contributed by atoms with Gasteiger partial charge in [-0.2, -0.15) is 0 Å². The van der Waals surface area contributed by atoms with Gasteiger partial charge in [0.05, 0.1) is 6.10 Å². The van der Waals surface area contributed by atoms with Crippen LogP contribution in [0.1, 0.15) is 30.1 Å². The lowest BCUT2D eigenvalue weighted by Crippen LogP contribution is -2.07. The topological polar surface area (TPSA) is 20.2 Å². The van der Waals surface area contributed by atoms with E-state index in [-0.39, 0.29) is 11.7 Å². The molecule has 2 atom stereocenters. The van der Waals surface area contributed by atoms with Crippen LogP contribution in [0.25, 0.3) is 0 Å². The molecule has 2 aromatic rings. The molecule has 1 N–H and O–H groups in total. The van der Waals surface area contributed by atoms with Gasteiger partial charge < -0.3 is 5.11 Å². The molecule has 0 saturated heterocycles. The van der Waals surface area contributed by atoms with E-state index in [0.717, 1.165) is 11.1 Å². The molecule has 0 aromatic heterocycles. The minimum Gasteiger partial charge on any atom is -0.388 e. The summed E-state index contributed by atoms with van der Waals surface area (Å²) >= 11 is 0. The molecule has 0 bridgehead atoms. The van der Waals surface area contributed by atoms with Crippen LogP contribution in [0.2, 0.25) is 0 Å². The van der Waals surface area contributed by atoms with Gasteiger partial charge in [-0.15, -0.1) is 0 Å². The minimum atomic E-state index is -0.613. The second kappa shape index (κ2) is 5.11. The van der Waals surface area contributed by atoms with E-state index in [1.54, 1.807) is 12.1 Å². The number of benzene rings is 2. The first-order chi connectivity index (χ1) is 8.18. The number of aliphatic hydroxyl groups excluding tert-OH is 1. The second-order valence-corrected chi connectivity index (χ2v) is 4.20. The van der Waals surface area contributed by atoms with Crippen molar-refractivity contribution in [2.24, 2.45) is 0 Å². The molecule has 1 nitrogen and oxygen atoms in total. The summed E-state index contributed by atoms with van der Waals surface area (Å²) in [6, 6.07) is 15.8. The molecule has 2 rings (SSSR count). The average Bonchev–Trinajstić information content (AvgIpc) is 2.39. The summed E-state index contributed by atoms with van der Waals surface area (Å²) in [5, 5.41) is 10.2. The Kier molecular flexibility index (Phi) is 3.55. The standard InChI is InChI=1S/C15H15FO/c1-11(12-5-3-2-4-6-12)15(17)13-7-9-14(16)10-8-13/h2-11,15,17H,1H3. The van der Waals surface area contributed by atoms with Crippen LogP contribution in [0, 0.1) is 5.82 Å². The molecular weight excluding hydrogens is 215 g/mol. The zero-order valence-corrected chi connectivity index (χ0v) is 9.68. The first-order valence-electron chi connectivity index (χ1n) is 5.67. The molecule has 88 valence electrons. The van der Waals surface area contributed by atoms with Crippen LogP contribution in [0.4, 0.5) is 4.39 Å². The summed E-state index contributed by atoms with van der Waals surface area (Å²) in [7, 11) is 0. The Hall–Kier alpha value is -1.67. The third-order valence-electron chi connectivity index (χ3n) is 3.01. The van der Waals surface area contributed by atoms with E-state index in [9.17, 15) is 9.50 Å². The average molecular weight is 230 g/mol. The van der Waals surface area contributed by atoms with E-state index < -0.39 is 6.10 Å². The van der Waals surface area contributed by atoms with Gasteiger partial charge in [0.1, 0.15) is 5.82 Å². The van der Waals surface area contributed by atoms with Crippen LogP contribution in [-0.4, -0.2) is 5.11 Å². The molecule has 0 spiro atoms. The third-order valence-corrected chi connectivity index (χ3v) is 3.01. The van der Waals surface area contributed by atoms with Crippen molar-refractivity contribution in [3.63, 3.8) is 0 Å². The van der Waals surface area contributed by atoms with Crippen LogP contribution in [0.15, 0.2) is 54.6 Å². The summed E-state index contributed by atoms with van der Waals surface area (Å²) < 4.78 is 12.8. The monoisotopic (exact) mass is 230 g/mol. The van der Waals surface area contributed by atoms with Gasteiger partial charge >= 0.3 is 0 Å². The summed E-state index contributed by atoms with van der Waals surface area (Å²) in [5.41, 5.74) is 1.81. The van der Waals surface area contributed by atoms with Crippen molar-refractivity contribution < 1.29 is 9.50 Å². The molecule has 0 amide bonds. The van der Waals surface area contributed by atoms with Crippen molar-refractivity contribution >= 4 is 0 Å². The number of hydrogen-bond acceptors (Lipinski definition) is 1. The van der Waals surface area contributed by atoms with Crippen LogP contribution < -0.4 is 0 Å². The van der Waals surface area contributed by atoms with Gasteiger partial charge in [-0.25, -0.2) is 4.39 Å². The Morgan fingerprint density at radius 3 is 2.06 bits per heavy atom. The van der Waals surface area contributed by atoms with Gasteiger partial charge in [0.2, 0.25) is 0 Å². The first-order valence-corrected chi connectivity index (χ1v) is 5.67. The maximum Gasteiger partial charge on any atom is 0.123 e. The highest BCUT2D eigenvalue weighted by Gasteiger charge is 2.17. The predicted octanol–water partition coefficient (Wildman–Crippen LogP) is 3.66. The quantitative estimate of drug-likeness (QED) is 0.853. The highest BCUT2D eigenvalue weighted by atomic mass is 19.1. The summed E-state index contributed by atoms with van der Waals surface area (Å²) in [4.78, 5) is 0. The maximum absolute atomic E-state index is 12.8. The Labute approximate surface area is 101 Å². The molecule has 2 heteroatoms. The van der Waals surface area contributed by atoms with E-state index in [2.05, 4.69) is 0 Å². The number of halogens is 1. The second-order valence-electron chi connectivity index (χ2n) is 4.20. The maximum atomic E-state index is 12.8.